The summed E-state index contributed by atoms with van der Waals surface area (Å²) in [5.41, 5.74) is 1.04. The molecule has 0 aromatic heterocycles. The molecule has 0 heterocycles. The van der Waals surface area contributed by atoms with Crippen LogP contribution in [0.3, 0.4) is 0 Å². The average Bonchev–Trinajstić information content (AvgIpc) is 2.55. The minimum absolute atomic E-state index is 0.142. The van der Waals surface area contributed by atoms with Crippen molar-refractivity contribution < 1.29 is 9.47 Å². The van der Waals surface area contributed by atoms with Crippen LogP contribution >= 0.6 is 0 Å². The number of benzene rings is 1. The van der Waals surface area contributed by atoms with Crippen LogP contribution in [0, 0.1) is 0 Å². The Bertz CT molecular complexity index is 377. The number of hydrogen-bond donors (Lipinski definition) is 0. The Morgan fingerprint density at radius 2 is 1.59 bits per heavy atom. The molecule has 0 aliphatic rings. The molecule has 0 aliphatic heterocycles. The predicted octanol–water partition coefficient (Wildman–Crippen LogP) is 5.40. The second kappa shape index (κ2) is 10.8. The van der Waals surface area contributed by atoms with E-state index in [1.54, 1.807) is 7.11 Å². The summed E-state index contributed by atoms with van der Waals surface area (Å²) in [5, 5.41) is 0. The van der Waals surface area contributed by atoms with Gasteiger partial charge in [0.25, 0.3) is 0 Å². The zero-order valence-corrected chi connectivity index (χ0v) is 14.9. The van der Waals surface area contributed by atoms with Crippen molar-refractivity contribution in [3.05, 3.63) is 35.9 Å². The molecule has 1 aromatic rings. The van der Waals surface area contributed by atoms with E-state index in [0.29, 0.717) is 0 Å². The number of rotatable bonds is 12. The molecule has 2 unspecified atom stereocenters. The van der Waals surface area contributed by atoms with Gasteiger partial charge in [0.1, 0.15) is 0 Å². The van der Waals surface area contributed by atoms with Crippen LogP contribution in [0.25, 0.3) is 0 Å². The van der Waals surface area contributed by atoms with Gasteiger partial charge in [0.15, 0.2) is 0 Å². The highest BCUT2D eigenvalue weighted by Gasteiger charge is 2.34. The third-order valence-electron chi connectivity index (χ3n) is 4.65. The molecule has 2 heteroatoms. The summed E-state index contributed by atoms with van der Waals surface area (Å²) in [6.07, 6.45) is 9.98. The molecular weight excluding hydrogens is 272 g/mol. The van der Waals surface area contributed by atoms with Crippen LogP contribution in [0.15, 0.2) is 30.3 Å². The van der Waals surface area contributed by atoms with Gasteiger partial charge in [-0.25, -0.2) is 0 Å². The first-order valence-corrected chi connectivity index (χ1v) is 8.78. The highest BCUT2D eigenvalue weighted by Crippen LogP contribution is 2.27. The number of unbranched alkanes of at least 4 members (excludes halogenated alkanes) is 5. The standard InChI is InChI=1S/C20H34O2/c1-5-6-7-8-9-13-16-19(21-3)20(2,22-4)17-18-14-11-10-12-15-18/h10-12,14-15,19H,5-9,13,16-17H2,1-4H3. The lowest BCUT2D eigenvalue weighted by atomic mass is 9.87. The Morgan fingerprint density at radius 1 is 0.955 bits per heavy atom. The molecule has 0 fully saturated rings. The minimum Gasteiger partial charge on any atom is -0.378 e. The molecule has 0 amide bonds. The van der Waals surface area contributed by atoms with Gasteiger partial charge in [-0.1, -0.05) is 75.8 Å². The van der Waals surface area contributed by atoms with Gasteiger partial charge in [-0.05, 0) is 18.9 Å². The van der Waals surface area contributed by atoms with E-state index in [1.165, 1.54) is 44.1 Å². The fraction of sp³-hybridized carbons (Fsp3) is 0.700. The average molecular weight is 306 g/mol. The van der Waals surface area contributed by atoms with Crippen molar-refractivity contribution in [2.24, 2.45) is 0 Å². The Balaban J connectivity index is 2.49. The monoisotopic (exact) mass is 306 g/mol. The molecule has 0 aliphatic carbocycles. The van der Waals surface area contributed by atoms with E-state index in [-0.39, 0.29) is 11.7 Å². The smallest absolute Gasteiger partial charge is 0.0951 e. The molecule has 1 aromatic carbocycles. The summed E-state index contributed by atoms with van der Waals surface area (Å²) >= 11 is 0. The van der Waals surface area contributed by atoms with E-state index < -0.39 is 0 Å². The van der Waals surface area contributed by atoms with Gasteiger partial charge in [-0.15, -0.1) is 0 Å². The van der Waals surface area contributed by atoms with Gasteiger partial charge in [-0.3, -0.25) is 0 Å². The lowest BCUT2D eigenvalue weighted by molar-refractivity contribution is -0.109. The quantitative estimate of drug-likeness (QED) is 0.481. The maximum Gasteiger partial charge on any atom is 0.0951 e. The Kier molecular flexibility index (Phi) is 9.42. The van der Waals surface area contributed by atoms with E-state index in [4.69, 9.17) is 9.47 Å². The van der Waals surface area contributed by atoms with Crippen molar-refractivity contribution in [3.63, 3.8) is 0 Å². The van der Waals surface area contributed by atoms with Gasteiger partial charge in [0, 0.05) is 20.6 Å². The second-order valence-electron chi connectivity index (χ2n) is 6.46. The summed E-state index contributed by atoms with van der Waals surface area (Å²) in [5.74, 6) is 0. The first kappa shape index (κ1) is 19.2. The Labute approximate surface area is 137 Å². The number of ether oxygens (including phenoxy) is 2. The van der Waals surface area contributed by atoms with E-state index in [9.17, 15) is 0 Å². The zero-order chi connectivity index (χ0) is 16.3. The Hall–Kier alpha value is -0.860. The zero-order valence-electron chi connectivity index (χ0n) is 14.9. The lowest BCUT2D eigenvalue weighted by Gasteiger charge is -2.36. The largest absolute Gasteiger partial charge is 0.378 e. The summed E-state index contributed by atoms with van der Waals surface area (Å²) in [7, 11) is 3.61. The van der Waals surface area contributed by atoms with Crippen LogP contribution in [0.5, 0.6) is 0 Å². The SMILES string of the molecule is CCCCCCCCC(OC)C(C)(Cc1ccccc1)OC. The van der Waals surface area contributed by atoms with E-state index in [1.807, 2.05) is 7.11 Å². The molecule has 22 heavy (non-hydrogen) atoms. The number of hydrogen-bond acceptors (Lipinski definition) is 2. The van der Waals surface area contributed by atoms with E-state index in [0.717, 1.165) is 12.8 Å². The Morgan fingerprint density at radius 3 is 2.18 bits per heavy atom. The van der Waals surface area contributed by atoms with Gasteiger partial charge in [-0.2, -0.15) is 0 Å². The summed E-state index contributed by atoms with van der Waals surface area (Å²) in [6.45, 7) is 4.43. The topological polar surface area (TPSA) is 18.5 Å². The highest BCUT2D eigenvalue weighted by atomic mass is 16.5. The molecule has 0 spiro atoms. The van der Waals surface area contributed by atoms with E-state index in [2.05, 4.69) is 44.2 Å². The fourth-order valence-electron chi connectivity index (χ4n) is 3.10. The van der Waals surface area contributed by atoms with Crippen LogP contribution in [0.4, 0.5) is 0 Å². The summed E-state index contributed by atoms with van der Waals surface area (Å²) in [4.78, 5) is 0. The van der Waals surface area contributed by atoms with Crippen molar-refractivity contribution in [1.29, 1.82) is 0 Å². The molecule has 0 saturated carbocycles. The molecule has 2 nitrogen and oxygen atoms in total. The molecule has 1 rings (SSSR count). The fourth-order valence-corrected chi connectivity index (χ4v) is 3.10. The van der Waals surface area contributed by atoms with Gasteiger partial charge >= 0.3 is 0 Å². The molecular formula is C20H34O2. The van der Waals surface area contributed by atoms with Crippen LogP contribution in [-0.4, -0.2) is 25.9 Å². The van der Waals surface area contributed by atoms with Crippen LogP contribution in [0.2, 0.25) is 0 Å². The van der Waals surface area contributed by atoms with E-state index >= 15 is 0 Å². The molecule has 126 valence electrons. The third kappa shape index (κ3) is 6.50. The maximum absolute atomic E-state index is 5.87. The summed E-state index contributed by atoms with van der Waals surface area (Å²) < 4.78 is 11.6. The van der Waals surface area contributed by atoms with Gasteiger partial charge in [0.05, 0.1) is 11.7 Å². The third-order valence-corrected chi connectivity index (χ3v) is 4.65. The van der Waals surface area contributed by atoms with Crippen molar-refractivity contribution in [2.75, 3.05) is 14.2 Å². The van der Waals surface area contributed by atoms with Crippen LogP contribution in [0.1, 0.15) is 64.4 Å². The lowest BCUT2D eigenvalue weighted by Crippen LogP contribution is -2.44. The van der Waals surface area contributed by atoms with Crippen molar-refractivity contribution in [1.82, 2.24) is 0 Å². The van der Waals surface area contributed by atoms with Crippen LogP contribution in [-0.2, 0) is 15.9 Å². The molecule has 0 radical (unpaired) electrons. The van der Waals surface area contributed by atoms with Crippen molar-refractivity contribution in [3.8, 4) is 0 Å². The van der Waals surface area contributed by atoms with Crippen molar-refractivity contribution in [2.45, 2.75) is 76.9 Å². The molecule has 0 N–H and O–H groups in total. The first-order chi connectivity index (χ1) is 10.7. The van der Waals surface area contributed by atoms with Crippen molar-refractivity contribution >= 4 is 0 Å². The second-order valence-corrected chi connectivity index (χ2v) is 6.46. The molecule has 0 bridgehead atoms. The van der Waals surface area contributed by atoms with Gasteiger partial charge < -0.3 is 9.47 Å². The van der Waals surface area contributed by atoms with Gasteiger partial charge in [0.2, 0.25) is 0 Å². The maximum atomic E-state index is 5.87. The summed E-state index contributed by atoms with van der Waals surface area (Å²) in [6, 6.07) is 10.5. The predicted molar refractivity (Wildman–Crippen MR) is 94.4 cm³/mol. The molecule has 0 saturated heterocycles. The minimum atomic E-state index is -0.264. The normalized spacial score (nSPS) is 15.5. The first-order valence-electron chi connectivity index (χ1n) is 8.78. The molecule has 2 atom stereocenters. The number of methoxy groups -OCH3 is 2. The highest BCUT2D eigenvalue weighted by molar-refractivity contribution is 5.17. The van der Waals surface area contributed by atoms with Crippen LogP contribution < -0.4 is 0 Å².